The molecular weight excluding hydrogens is 312 g/mol. The van der Waals surface area contributed by atoms with Crippen LogP contribution in [0.5, 0.6) is 0 Å². The molecule has 1 saturated carbocycles. The summed E-state index contributed by atoms with van der Waals surface area (Å²) in [5.74, 6) is 0.761. The molecule has 0 unspecified atom stereocenters. The molecule has 24 heavy (non-hydrogen) atoms. The van der Waals surface area contributed by atoms with Crippen molar-refractivity contribution >= 4 is 22.2 Å². The highest BCUT2D eigenvalue weighted by Gasteiger charge is 2.15. The lowest BCUT2D eigenvalue weighted by atomic mass is 9.84. The molecule has 3 aromatic rings. The van der Waals surface area contributed by atoms with E-state index in [2.05, 4.69) is 58.8 Å². The predicted octanol–water partition coefficient (Wildman–Crippen LogP) is 6.60. The average Bonchev–Trinajstić information content (AvgIpc) is 3.12. The Morgan fingerprint density at radius 1 is 0.875 bits per heavy atom. The van der Waals surface area contributed by atoms with Crippen molar-refractivity contribution in [2.45, 2.75) is 38.0 Å². The second-order valence-corrected chi connectivity index (χ2v) is 7.51. The van der Waals surface area contributed by atoms with Gasteiger partial charge in [-0.1, -0.05) is 73.1 Å². The van der Waals surface area contributed by atoms with Crippen LogP contribution in [0.15, 0.2) is 60.8 Å². The number of thiazole rings is 1. The van der Waals surface area contributed by atoms with Gasteiger partial charge in [0.05, 0.1) is 4.88 Å². The van der Waals surface area contributed by atoms with E-state index in [0.717, 1.165) is 16.7 Å². The molecule has 4 rings (SSSR count). The van der Waals surface area contributed by atoms with Gasteiger partial charge in [-0.05, 0) is 42.0 Å². The van der Waals surface area contributed by atoms with Gasteiger partial charge >= 0.3 is 0 Å². The van der Waals surface area contributed by atoms with Crippen molar-refractivity contribution in [2.24, 2.45) is 0 Å². The maximum atomic E-state index is 4.51. The van der Waals surface area contributed by atoms with E-state index >= 15 is 0 Å². The van der Waals surface area contributed by atoms with Crippen LogP contribution in [0.4, 0.5) is 10.8 Å². The van der Waals surface area contributed by atoms with Gasteiger partial charge in [0, 0.05) is 11.9 Å². The summed E-state index contributed by atoms with van der Waals surface area (Å²) >= 11 is 1.69. The number of hydrogen-bond donors (Lipinski definition) is 1. The Morgan fingerprint density at radius 3 is 2.38 bits per heavy atom. The summed E-state index contributed by atoms with van der Waals surface area (Å²) in [5.41, 5.74) is 3.82. The van der Waals surface area contributed by atoms with Crippen LogP contribution in [-0.4, -0.2) is 4.98 Å². The first-order chi connectivity index (χ1) is 11.9. The van der Waals surface area contributed by atoms with Crippen LogP contribution in [0.25, 0.3) is 10.4 Å². The fourth-order valence-corrected chi connectivity index (χ4v) is 4.31. The number of anilines is 2. The lowest BCUT2D eigenvalue weighted by molar-refractivity contribution is 0.443. The predicted molar refractivity (Wildman–Crippen MR) is 103 cm³/mol. The van der Waals surface area contributed by atoms with E-state index in [1.54, 1.807) is 11.3 Å². The average molecular weight is 334 g/mol. The molecule has 2 aromatic carbocycles. The Morgan fingerprint density at radius 2 is 1.62 bits per heavy atom. The van der Waals surface area contributed by atoms with Crippen LogP contribution in [0.3, 0.4) is 0 Å². The largest absolute Gasteiger partial charge is 0.332 e. The Kier molecular flexibility index (Phi) is 4.61. The van der Waals surface area contributed by atoms with Crippen molar-refractivity contribution in [2.75, 3.05) is 5.32 Å². The molecule has 0 amide bonds. The van der Waals surface area contributed by atoms with E-state index in [1.807, 2.05) is 12.3 Å². The molecule has 2 nitrogen and oxygen atoms in total. The standard InChI is InChI=1S/C21H22N2S/c1-3-7-16(8-4-1)17-11-13-19(14-12-17)23-21-22-15-20(24-21)18-9-5-2-6-10-18/h2,5-6,9-16H,1,3-4,7-8H2,(H,22,23). The Balaban J connectivity index is 1.45. The van der Waals surface area contributed by atoms with Crippen LogP contribution >= 0.6 is 11.3 Å². The summed E-state index contributed by atoms with van der Waals surface area (Å²) in [6, 6.07) is 19.3. The molecule has 0 aliphatic heterocycles. The molecule has 1 aliphatic rings. The molecule has 0 saturated heterocycles. The third-order valence-electron chi connectivity index (χ3n) is 4.80. The molecule has 0 radical (unpaired) electrons. The van der Waals surface area contributed by atoms with Crippen LogP contribution in [0.2, 0.25) is 0 Å². The normalized spacial score (nSPS) is 15.3. The third kappa shape index (κ3) is 3.51. The monoisotopic (exact) mass is 334 g/mol. The second kappa shape index (κ2) is 7.18. The van der Waals surface area contributed by atoms with Crippen molar-refractivity contribution in [3.63, 3.8) is 0 Å². The van der Waals surface area contributed by atoms with Gasteiger partial charge in [-0.3, -0.25) is 0 Å². The van der Waals surface area contributed by atoms with Crippen LogP contribution in [0, 0.1) is 0 Å². The minimum atomic E-state index is 0.761. The molecule has 0 bridgehead atoms. The maximum absolute atomic E-state index is 4.51. The van der Waals surface area contributed by atoms with Crippen molar-refractivity contribution in [3.8, 4) is 10.4 Å². The summed E-state index contributed by atoms with van der Waals surface area (Å²) in [6.07, 6.45) is 8.81. The minimum Gasteiger partial charge on any atom is -0.332 e. The zero-order chi connectivity index (χ0) is 16.2. The number of hydrogen-bond acceptors (Lipinski definition) is 3. The van der Waals surface area contributed by atoms with Crippen molar-refractivity contribution in [1.29, 1.82) is 0 Å². The lowest BCUT2D eigenvalue weighted by Crippen LogP contribution is -2.04. The maximum Gasteiger partial charge on any atom is 0.187 e. The molecule has 0 atom stereocenters. The van der Waals surface area contributed by atoms with Gasteiger partial charge < -0.3 is 5.32 Å². The van der Waals surface area contributed by atoms with Gasteiger partial charge in [-0.2, -0.15) is 0 Å². The highest BCUT2D eigenvalue weighted by atomic mass is 32.1. The van der Waals surface area contributed by atoms with Crippen molar-refractivity contribution in [1.82, 2.24) is 4.98 Å². The first kappa shape index (κ1) is 15.4. The molecule has 1 aromatic heterocycles. The van der Waals surface area contributed by atoms with Crippen LogP contribution < -0.4 is 5.32 Å². The van der Waals surface area contributed by atoms with E-state index in [4.69, 9.17) is 0 Å². The smallest absolute Gasteiger partial charge is 0.187 e. The van der Waals surface area contributed by atoms with Crippen molar-refractivity contribution < 1.29 is 0 Å². The number of rotatable bonds is 4. The van der Waals surface area contributed by atoms with Crippen molar-refractivity contribution in [3.05, 3.63) is 66.4 Å². The fraction of sp³-hybridized carbons (Fsp3) is 0.286. The molecule has 122 valence electrons. The van der Waals surface area contributed by atoms with Crippen LogP contribution in [-0.2, 0) is 0 Å². The minimum absolute atomic E-state index is 0.761. The fourth-order valence-electron chi connectivity index (χ4n) is 3.47. The quantitative estimate of drug-likeness (QED) is 0.581. The first-order valence-corrected chi connectivity index (χ1v) is 9.58. The van der Waals surface area contributed by atoms with E-state index in [-0.39, 0.29) is 0 Å². The van der Waals surface area contributed by atoms with Gasteiger partial charge in [-0.15, -0.1) is 0 Å². The van der Waals surface area contributed by atoms with Gasteiger partial charge in [-0.25, -0.2) is 4.98 Å². The topological polar surface area (TPSA) is 24.9 Å². The molecule has 1 aliphatic carbocycles. The zero-order valence-electron chi connectivity index (χ0n) is 13.7. The Labute approximate surface area is 147 Å². The summed E-state index contributed by atoms with van der Waals surface area (Å²) < 4.78 is 0. The first-order valence-electron chi connectivity index (χ1n) is 8.77. The van der Waals surface area contributed by atoms with E-state index < -0.39 is 0 Å². The highest BCUT2D eigenvalue weighted by Crippen LogP contribution is 2.34. The summed E-state index contributed by atoms with van der Waals surface area (Å²) in [6.45, 7) is 0. The van der Waals surface area contributed by atoms with Crippen LogP contribution in [0.1, 0.15) is 43.6 Å². The number of nitrogens with one attached hydrogen (secondary N) is 1. The molecular formula is C21H22N2S. The number of benzene rings is 2. The zero-order valence-corrected chi connectivity index (χ0v) is 14.6. The van der Waals surface area contributed by atoms with E-state index in [0.29, 0.717) is 0 Å². The van der Waals surface area contributed by atoms with Gasteiger partial charge in [0.15, 0.2) is 5.13 Å². The lowest BCUT2D eigenvalue weighted by Gasteiger charge is -2.22. The Bertz CT molecular complexity index is 771. The van der Waals surface area contributed by atoms with Gasteiger partial charge in [0.2, 0.25) is 0 Å². The molecule has 1 N–H and O–H groups in total. The van der Waals surface area contributed by atoms with E-state index in [1.165, 1.54) is 48.1 Å². The summed E-state index contributed by atoms with van der Waals surface area (Å²) in [5, 5.41) is 4.38. The molecule has 0 spiro atoms. The Hall–Kier alpha value is -2.13. The summed E-state index contributed by atoms with van der Waals surface area (Å²) in [4.78, 5) is 5.70. The summed E-state index contributed by atoms with van der Waals surface area (Å²) in [7, 11) is 0. The molecule has 3 heteroatoms. The van der Waals surface area contributed by atoms with Gasteiger partial charge in [0.25, 0.3) is 0 Å². The second-order valence-electron chi connectivity index (χ2n) is 6.48. The number of nitrogens with zero attached hydrogens (tertiary/aromatic N) is 1. The SMILES string of the molecule is c1ccc(-c2cnc(Nc3ccc(C4CCCCC4)cc3)s2)cc1. The van der Waals surface area contributed by atoms with Gasteiger partial charge in [0.1, 0.15) is 0 Å². The molecule has 1 heterocycles. The number of aromatic nitrogens is 1. The van der Waals surface area contributed by atoms with E-state index in [9.17, 15) is 0 Å². The molecule has 1 fully saturated rings. The third-order valence-corrected chi connectivity index (χ3v) is 5.76. The highest BCUT2D eigenvalue weighted by molar-refractivity contribution is 7.18.